The Morgan fingerprint density at radius 1 is 1.50 bits per heavy atom. The van der Waals surface area contributed by atoms with Crippen molar-refractivity contribution in [1.82, 2.24) is 14.7 Å². The Kier molecular flexibility index (Phi) is 3.47. The van der Waals surface area contributed by atoms with Gasteiger partial charge in [-0.25, -0.2) is 9.78 Å². The Balaban J connectivity index is 2.44. The Labute approximate surface area is 104 Å². The second-order valence-corrected chi connectivity index (χ2v) is 4.03. The van der Waals surface area contributed by atoms with Crippen molar-refractivity contribution in [2.75, 3.05) is 13.6 Å². The molecule has 0 amide bonds. The van der Waals surface area contributed by atoms with Crippen LogP contribution in [0.1, 0.15) is 22.7 Å². The van der Waals surface area contributed by atoms with Crippen molar-refractivity contribution in [3.63, 3.8) is 0 Å². The van der Waals surface area contributed by atoms with E-state index in [9.17, 15) is 9.90 Å². The average Bonchev–Trinajstić information content (AvgIpc) is 2.68. The van der Waals surface area contributed by atoms with E-state index in [0.717, 1.165) is 13.0 Å². The Bertz CT molecular complexity index is 577. The zero-order chi connectivity index (χ0) is 13.1. The summed E-state index contributed by atoms with van der Waals surface area (Å²) in [4.78, 5) is 15.2. The van der Waals surface area contributed by atoms with Crippen LogP contribution in [0, 0.1) is 0 Å². The zero-order valence-electron chi connectivity index (χ0n) is 10.1. The van der Waals surface area contributed by atoms with E-state index in [2.05, 4.69) is 10.3 Å². The first kappa shape index (κ1) is 12.4. The summed E-state index contributed by atoms with van der Waals surface area (Å²) in [5, 5.41) is 21.6. The summed E-state index contributed by atoms with van der Waals surface area (Å²) in [5.41, 5.74) is 0.522. The molecule has 96 valence electrons. The standard InChI is InChI=1S/C12H15N3O3/c1-13-6-2-3-10-14-11(12(17)18)9-5-4-8(16)7-15(9)10/h4-5,7,13,16H,2-3,6H2,1H3,(H,17,18). The van der Waals surface area contributed by atoms with Gasteiger partial charge in [0.05, 0.1) is 11.7 Å². The van der Waals surface area contributed by atoms with Gasteiger partial charge in [-0.3, -0.25) is 4.40 Å². The molecule has 0 bridgehead atoms. The van der Waals surface area contributed by atoms with Crippen molar-refractivity contribution in [2.45, 2.75) is 12.8 Å². The highest BCUT2D eigenvalue weighted by molar-refractivity contribution is 5.93. The first-order valence-corrected chi connectivity index (χ1v) is 5.71. The van der Waals surface area contributed by atoms with Crippen LogP contribution in [0.2, 0.25) is 0 Å². The first-order chi connectivity index (χ1) is 8.63. The summed E-state index contributed by atoms with van der Waals surface area (Å²) in [6, 6.07) is 3.02. The van der Waals surface area contributed by atoms with Crippen LogP contribution < -0.4 is 5.32 Å². The summed E-state index contributed by atoms with van der Waals surface area (Å²) in [6.07, 6.45) is 2.99. The van der Waals surface area contributed by atoms with Gasteiger partial charge in [0.25, 0.3) is 0 Å². The molecule has 0 saturated heterocycles. The maximum atomic E-state index is 11.1. The second-order valence-electron chi connectivity index (χ2n) is 4.03. The average molecular weight is 249 g/mol. The Morgan fingerprint density at radius 3 is 2.94 bits per heavy atom. The van der Waals surface area contributed by atoms with Crippen LogP contribution in [0.4, 0.5) is 0 Å². The molecule has 2 aromatic rings. The number of aromatic hydroxyl groups is 1. The van der Waals surface area contributed by atoms with Crippen molar-refractivity contribution in [1.29, 1.82) is 0 Å². The fraction of sp³-hybridized carbons (Fsp3) is 0.333. The number of rotatable bonds is 5. The van der Waals surface area contributed by atoms with Crippen molar-refractivity contribution in [3.05, 3.63) is 29.8 Å². The highest BCUT2D eigenvalue weighted by atomic mass is 16.4. The number of nitrogens with zero attached hydrogens (tertiary/aromatic N) is 2. The van der Waals surface area contributed by atoms with Crippen molar-refractivity contribution in [2.24, 2.45) is 0 Å². The number of carboxylic acids is 1. The van der Waals surface area contributed by atoms with Gasteiger partial charge in [0.1, 0.15) is 11.6 Å². The quantitative estimate of drug-likeness (QED) is 0.685. The topological polar surface area (TPSA) is 86.9 Å². The van der Waals surface area contributed by atoms with Gasteiger partial charge in [0.15, 0.2) is 5.69 Å². The molecule has 18 heavy (non-hydrogen) atoms. The van der Waals surface area contributed by atoms with Gasteiger partial charge in [-0.15, -0.1) is 0 Å². The van der Waals surface area contributed by atoms with E-state index in [1.54, 1.807) is 10.5 Å². The maximum Gasteiger partial charge on any atom is 0.356 e. The number of aryl methyl sites for hydroxylation is 1. The number of carboxylic acid groups (broad SMARTS) is 1. The predicted octanol–water partition coefficient (Wildman–Crippen LogP) is 0.890. The van der Waals surface area contributed by atoms with Crippen LogP contribution in [-0.2, 0) is 6.42 Å². The van der Waals surface area contributed by atoms with Gasteiger partial charge in [-0.2, -0.15) is 0 Å². The maximum absolute atomic E-state index is 11.1. The van der Waals surface area contributed by atoms with E-state index in [-0.39, 0.29) is 11.4 Å². The summed E-state index contributed by atoms with van der Waals surface area (Å²) in [6.45, 7) is 0.829. The molecule has 0 saturated carbocycles. The lowest BCUT2D eigenvalue weighted by Gasteiger charge is -2.01. The molecule has 3 N–H and O–H groups in total. The Hall–Kier alpha value is -2.08. The molecule has 6 heteroatoms. The van der Waals surface area contributed by atoms with Gasteiger partial charge in [0.2, 0.25) is 0 Å². The third-order valence-corrected chi connectivity index (χ3v) is 2.72. The minimum absolute atomic E-state index is 0.0226. The summed E-state index contributed by atoms with van der Waals surface area (Å²) < 4.78 is 1.63. The number of pyridine rings is 1. The molecule has 0 spiro atoms. The van der Waals surface area contributed by atoms with Gasteiger partial charge >= 0.3 is 5.97 Å². The molecule has 0 aromatic carbocycles. The van der Waals surface area contributed by atoms with Gasteiger partial charge in [0, 0.05) is 6.42 Å². The molecular weight excluding hydrogens is 234 g/mol. The van der Waals surface area contributed by atoms with Crippen LogP contribution in [-0.4, -0.2) is 39.2 Å². The summed E-state index contributed by atoms with van der Waals surface area (Å²) >= 11 is 0. The van der Waals surface area contributed by atoms with Crippen LogP contribution in [0.5, 0.6) is 5.75 Å². The third-order valence-electron chi connectivity index (χ3n) is 2.72. The Morgan fingerprint density at radius 2 is 2.28 bits per heavy atom. The number of aromatic nitrogens is 2. The molecule has 0 aliphatic rings. The third kappa shape index (κ3) is 2.28. The minimum Gasteiger partial charge on any atom is -0.506 e. The molecule has 2 rings (SSSR count). The van der Waals surface area contributed by atoms with E-state index >= 15 is 0 Å². The van der Waals surface area contributed by atoms with Gasteiger partial charge < -0.3 is 15.5 Å². The lowest BCUT2D eigenvalue weighted by molar-refractivity contribution is 0.0693. The normalized spacial score (nSPS) is 10.9. The van der Waals surface area contributed by atoms with Crippen molar-refractivity contribution in [3.8, 4) is 5.75 Å². The zero-order valence-corrected chi connectivity index (χ0v) is 10.1. The molecular formula is C12H15N3O3. The number of carbonyl (C=O) groups is 1. The number of aromatic carboxylic acids is 1. The van der Waals surface area contributed by atoms with Crippen LogP contribution in [0.25, 0.3) is 5.52 Å². The molecule has 2 aromatic heterocycles. The lowest BCUT2D eigenvalue weighted by atomic mass is 10.3. The monoisotopic (exact) mass is 249 g/mol. The number of hydrogen-bond acceptors (Lipinski definition) is 4. The predicted molar refractivity (Wildman–Crippen MR) is 66.1 cm³/mol. The van der Waals surface area contributed by atoms with Crippen LogP contribution >= 0.6 is 0 Å². The number of hydrogen-bond donors (Lipinski definition) is 3. The number of imidazole rings is 1. The molecule has 0 radical (unpaired) electrons. The van der Waals surface area contributed by atoms with Gasteiger partial charge in [-0.05, 0) is 32.1 Å². The SMILES string of the molecule is CNCCCc1nc(C(=O)O)c2ccc(O)cn12. The van der Waals surface area contributed by atoms with Crippen molar-refractivity contribution < 1.29 is 15.0 Å². The summed E-state index contributed by atoms with van der Waals surface area (Å²) in [5.74, 6) is -0.321. The molecule has 0 aliphatic heterocycles. The van der Waals surface area contributed by atoms with Crippen molar-refractivity contribution >= 4 is 11.5 Å². The largest absolute Gasteiger partial charge is 0.506 e. The molecule has 0 atom stereocenters. The first-order valence-electron chi connectivity index (χ1n) is 5.71. The van der Waals surface area contributed by atoms with Crippen LogP contribution in [0.15, 0.2) is 18.3 Å². The highest BCUT2D eigenvalue weighted by Gasteiger charge is 2.16. The van der Waals surface area contributed by atoms with E-state index < -0.39 is 5.97 Å². The fourth-order valence-corrected chi connectivity index (χ4v) is 1.89. The van der Waals surface area contributed by atoms with E-state index in [0.29, 0.717) is 17.8 Å². The smallest absolute Gasteiger partial charge is 0.356 e. The van der Waals surface area contributed by atoms with Crippen LogP contribution in [0.3, 0.4) is 0 Å². The second kappa shape index (κ2) is 5.05. The molecule has 6 nitrogen and oxygen atoms in total. The van der Waals surface area contributed by atoms with E-state index in [1.807, 2.05) is 7.05 Å². The highest BCUT2D eigenvalue weighted by Crippen LogP contribution is 2.18. The van der Waals surface area contributed by atoms with Gasteiger partial charge in [-0.1, -0.05) is 0 Å². The van der Waals surface area contributed by atoms with E-state index in [1.165, 1.54) is 12.3 Å². The summed E-state index contributed by atoms with van der Waals surface area (Å²) in [7, 11) is 1.86. The molecule has 0 fully saturated rings. The molecule has 0 aliphatic carbocycles. The molecule has 2 heterocycles. The number of nitrogens with one attached hydrogen (secondary N) is 1. The lowest BCUT2D eigenvalue weighted by Crippen LogP contribution is -2.09. The van der Waals surface area contributed by atoms with E-state index in [4.69, 9.17) is 5.11 Å². The fourth-order valence-electron chi connectivity index (χ4n) is 1.89. The molecule has 0 unspecified atom stereocenters. The minimum atomic E-state index is -1.06. The number of fused-ring (bicyclic) bond motifs is 1.